The summed E-state index contributed by atoms with van der Waals surface area (Å²) in [4.78, 5) is 14.6. The van der Waals surface area contributed by atoms with Crippen LogP contribution in [0.4, 0.5) is 0 Å². The van der Waals surface area contributed by atoms with E-state index in [2.05, 4.69) is 0 Å². The van der Waals surface area contributed by atoms with Crippen molar-refractivity contribution >= 4 is 26.6 Å². The summed E-state index contributed by atoms with van der Waals surface area (Å²) in [6, 6.07) is 14.9. The number of aryl methyl sites for hydroxylation is 1. The molecule has 2 aromatic carbocycles. The Balaban J connectivity index is 2.01. The van der Waals surface area contributed by atoms with Crippen molar-refractivity contribution in [3.63, 3.8) is 0 Å². The quantitative estimate of drug-likeness (QED) is 0.608. The summed E-state index contributed by atoms with van der Waals surface area (Å²) < 4.78 is 28.1. The third-order valence-corrected chi connectivity index (χ3v) is 6.66. The Kier molecular flexibility index (Phi) is 5.89. The van der Waals surface area contributed by atoms with Crippen LogP contribution in [0.5, 0.6) is 0 Å². The van der Waals surface area contributed by atoms with Crippen molar-refractivity contribution in [2.75, 3.05) is 13.1 Å². The molecule has 0 saturated heterocycles. The highest BCUT2D eigenvalue weighted by Gasteiger charge is 2.23. The number of fused-ring (bicyclic) bond motifs is 1. The molecule has 6 heteroatoms. The molecule has 5 nitrogen and oxygen atoms in total. The number of hydrogen-bond acceptors (Lipinski definition) is 3. The molecule has 28 heavy (non-hydrogen) atoms. The Labute approximate surface area is 166 Å². The minimum atomic E-state index is -3.55. The van der Waals surface area contributed by atoms with Gasteiger partial charge in [0.05, 0.1) is 10.6 Å². The molecule has 0 radical (unpaired) electrons. The van der Waals surface area contributed by atoms with Crippen molar-refractivity contribution in [3.8, 4) is 0 Å². The monoisotopic (exact) mass is 398 g/mol. The number of likely N-dealkylation sites (N-methyl/N-ethyl adjacent to an activating group) is 1. The molecule has 0 bridgehead atoms. The zero-order valence-electron chi connectivity index (χ0n) is 16.6. The second-order valence-corrected chi connectivity index (χ2v) is 8.91. The Morgan fingerprint density at radius 2 is 1.75 bits per heavy atom. The van der Waals surface area contributed by atoms with E-state index in [4.69, 9.17) is 0 Å². The molecule has 3 aromatic rings. The Morgan fingerprint density at radius 3 is 2.43 bits per heavy atom. The molecular formula is C22H26N2O3S. The second-order valence-electron chi connectivity index (χ2n) is 6.95. The summed E-state index contributed by atoms with van der Waals surface area (Å²) in [5.41, 5.74) is 2.54. The van der Waals surface area contributed by atoms with Gasteiger partial charge in [-0.15, -0.1) is 0 Å². The van der Waals surface area contributed by atoms with Crippen LogP contribution in [0, 0.1) is 6.92 Å². The summed E-state index contributed by atoms with van der Waals surface area (Å²) in [7, 11) is -3.55. The molecule has 148 valence electrons. The first-order chi connectivity index (χ1) is 13.4. The van der Waals surface area contributed by atoms with E-state index < -0.39 is 9.84 Å². The maximum Gasteiger partial charge on any atom is 0.242 e. The van der Waals surface area contributed by atoms with E-state index in [1.54, 1.807) is 21.7 Å². The summed E-state index contributed by atoms with van der Waals surface area (Å²) in [6.07, 6.45) is 1.61. The highest BCUT2D eigenvalue weighted by atomic mass is 32.2. The minimum Gasteiger partial charge on any atom is -0.342 e. The van der Waals surface area contributed by atoms with E-state index >= 15 is 0 Å². The van der Waals surface area contributed by atoms with Crippen LogP contribution in [0.25, 0.3) is 10.9 Å². The lowest BCUT2D eigenvalue weighted by Crippen LogP contribution is -2.33. The van der Waals surface area contributed by atoms with Crippen LogP contribution in [-0.4, -0.2) is 36.9 Å². The molecule has 1 amide bonds. The topological polar surface area (TPSA) is 59.4 Å². The van der Waals surface area contributed by atoms with E-state index in [0.717, 1.165) is 16.6 Å². The first kappa shape index (κ1) is 20.1. The molecule has 0 atom stereocenters. The molecule has 3 rings (SSSR count). The van der Waals surface area contributed by atoms with Crippen molar-refractivity contribution < 1.29 is 13.2 Å². The fourth-order valence-corrected chi connectivity index (χ4v) is 5.08. The second kappa shape index (κ2) is 8.19. The first-order valence-corrected chi connectivity index (χ1v) is 11.1. The number of amides is 1. The van der Waals surface area contributed by atoms with E-state index in [-0.39, 0.29) is 23.1 Å². The molecule has 0 saturated carbocycles. The van der Waals surface area contributed by atoms with Gasteiger partial charge in [-0.1, -0.05) is 48.0 Å². The van der Waals surface area contributed by atoms with Gasteiger partial charge in [-0.05, 0) is 32.4 Å². The predicted octanol–water partition coefficient (Wildman–Crippen LogP) is 3.79. The van der Waals surface area contributed by atoms with Crippen molar-refractivity contribution in [1.82, 2.24) is 9.47 Å². The number of aromatic nitrogens is 1. The smallest absolute Gasteiger partial charge is 0.242 e. The van der Waals surface area contributed by atoms with Gasteiger partial charge in [0.25, 0.3) is 0 Å². The van der Waals surface area contributed by atoms with Crippen molar-refractivity contribution in [2.24, 2.45) is 0 Å². The summed E-state index contributed by atoms with van der Waals surface area (Å²) in [5, 5.41) is 0.655. The largest absolute Gasteiger partial charge is 0.342 e. The number of nitrogens with zero attached hydrogens (tertiary/aromatic N) is 2. The number of rotatable bonds is 7. The van der Waals surface area contributed by atoms with Gasteiger partial charge in [0.15, 0.2) is 9.84 Å². The maximum atomic E-state index is 13.2. The molecule has 0 N–H and O–H groups in total. The van der Waals surface area contributed by atoms with Gasteiger partial charge < -0.3 is 9.47 Å². The highest BCUT2D eigenvalue weighted by Crippen LogP contribution is 2.28. The Hall–Kier alpha value is -2.60. The Morgan fingerprint density at radius 1 is 1.04 bits per heavy atom. The normalized spacial score (nSPS) is 11.7. The molecule has 0 aliphatic rings. The van der Waals surface area contributed by atoms with Crippen molar-refractivity contribution in [1.29, 1.82) is 0 Å². The van der Waals surface area contributed by atoms with Crippen LogP contribution < -0.4 is 0 Å². The molecule has 0 unspecified atom stereocenters. The molecule has 0 fully saturated rings. The lowest BCUT2D eigenvalue weighted by molar-refractivity contribution is -0.131. The summed E-state index contributed by atoms with van der Waals surface area (Å²) in [5.74, 6) is -0.0828. The molecule has 1 aromatic heterocycles. The van der Waals surface area contributed by atoms with Crippen LogP contribution >= 0.6 is 0 Å². The van der Waals surface area contributed by atoms with Crippen LogP contribution in [-0.2, 0) is 26.9 Å². The van der Waals surface area contributed by atoms with E-state index in [9.17, 15) is 13.2 Å². The number of carbonyl (C=O) groups is 1. The first-order valence-electron chi connectivity index (χ1n) is 9.49. The van der Waals surface area contributed by atoms with Gasteiger partial charge in [-0.2, -0.15) is 0 Å². The third-order valence-electron chi connectivity index (χ3n) is 4.95. The molecule has 0 aliphatic heterocycles. The number of carbonyl (C=O) groups excluding carboxylic acids is 1. The third kappa shape index (κ3) is 4.12. The standard InChI is InChI=1S/C22H26N2O3S/c1-4-23(5-2)22(25)15-24-14-21(19-11-6-7-12-20(19)24)28(26,27)16-18-10-8-9-17(3)13-18/h6-14H,4-5,15-16H2,1-3H3. The number of hydrogen-bond donors (Lipinski definition) is 0. The fraction of sp³-hybridized carbons (Fsp3) is 0.318. The average molecular weight is 399 g/mol. The number of para-hydroxylation sites is 1. The van der Waals surface area contributed by atoms with Crippen molar-refractivity contribution in [2.45, 2.75) is 38.0 Å². The van der Waals surface area contributed by atoms with Gasteiger partial charge in [-0.3, -0.25) is 4.79 Å². The number of sulfone groups is 1. The van der Waals surface area contributed by atoms with Gasteiger partial charge in [-0.25, -0.2) is 8.42 Å². The lowest BCUT2D eigenvalue weighted by atomic mass is 10.2. The zero-order valence-corrected chi connectivity index (χ0v) is 17.4. The zero-order chi connectivity index (χ0) is 20.3. The predicted molar refractivity (Wildman–Crippen MR) is 112 cm³/mol. The molecule has 0 spiro atoms. The molecule has 0 aliphatic carbocycles. The fourth-order valence-electron chi connectivity index (χ4n) is 3.51. The van der Waals surface area contributed by atoms with E-state index in [1.165, 1.54) is 0 Å². The summed E-state index contributed by atoms with van der Waals surface area (Å²) >= 11 is 0. The van der Waals surface area contributed by atoms with Crippen LogP contribution in [0.2, 0.25) is 0 Å². The van der Waals surface area contributed by atoms with Crippen LogP contribution in [0.3, 0.4) is 0 Å². The highest BCUT2D eigenvalue weighted by molar-refractivity contribution is 7.90. The average Bonchev–Trinajstić information content (AvgIpc) is 3.02. The molecule has 1 heterocycles. The maximum absolute atomic E-state index is 13.2. The SMILES string of the molecule is CCN(CC)C(=O)Cn1cc(S(=O)(=O)Cc2cccc(C)c2)c2ccccc21. The lowest BCUT2D eigenvalue weighted by Gasteiger charge is -2.19. The minimum absolute atomic E-state index is 0.0200. The van der Waals surface area contributed by atoms with Gasteiger partial charge >= 0.3 is 0 Å². The Bertz CT molecular complexity index is 1100. The van der Waals surface area contributed by atoms with Crippen molar-refractivity contribution in [3.05, 3.63) is 65.9 Å². The van der Waals surface area contributed by atoms with Gasteiger partial charge in [0.1, 0.15) is 6.54 Å². The van der Waals surface area contributed by atoms with Gasteiger partial charge in [0.2, 0.25) is 5.91 Å². The number of benzene rings is 2. The van der Waals surface area contributed by atoms with Crippen LogP contribution in [0.15, 0.2) is 59.6 Å². The molecular weight excluding hydrogens is 372 g/mol. The van der Waals surface area contributed by atoms with Gasteiger partial charge in [0, 0.05) is 30.2 Å². The van der Waals surface area contributed by atoms with E-state index in [1.807, 2.05) is 63.2 Å². The van der Waals surface area contributed by atoms with E-state index in [0.29, 0.717) is 18.5 Å². The van der Waals surface area contributed by atoms with Crippen LogP contribution in [0.1, 0.15) is 25.0 Å². The summed E-state index contributed by atoms with van der Waals surface area (Å²) in [6.45, 7) is 7.21.